The summed E-state index contributed by atoms with van der Waals surface area (Å²) in [6.45, 7) is 0. The maximum atomic E-state index is 6.01. The quantitative estimate of drug-likeness (QED) is 0.648. The minimum atomic E-state index is 0.362. The van der Waals surface area contributed by atoms with Crippen LogP contribution in [0.5, 0.6) is 0 Å². The number of hydrogen-bond donors (Lipinski definition) is 0. The summed E-state index contributed by atoms with van der Waals surface area (Å²) in [7, 11) is 1.84. The third-order valence-corrected chi connectivity index (χ3v) is 3.39. The zero-order chi connectivity index (χ0) is 12.0. The predicted molar refractivity (Wildman–Crippen MR) is 66.7 cm³/mol. The molecule has 0 saturated carbocycles. The highest BCUT2D eigenvalue weighted by molar-refractivity contribution is 9.10. The molecule has 0 atom stereocenters. The summed E-state index contributed by atoms with van der Waals surface area (Å²) in [6, 6.07) is 0. The number of hydrogen-bond acceptors (Lipinski definition) is 4. The second kappa shape index (κ2) is 3.82. The third-order valence-electron chi connectivity index (χ3n) is 2.35. The fraction of sp³-hybridized carbons (Fsp3) is 0.100. The summed E-state index contributed by atoms with van der Waals surface area (Å²) >= 11 is 9.46. The monoisotopic (exact) mass is 312 g/mol. The average molecular weight is 314 g/mol. The maximum absolute atomic E-state index is 6.01. The highest BCUT2D eigenvalue weighted by Gasteiger charge is 2.18. The Kier molecular flexibility index (Phi) is 2.41. The van der Waals surface area contributed by atoms with Gasteiger partial charge in [-0.2, -0.15) is 5.10 Å². The van der Waals surface area contributed by atoms with E-state index in [-0.39, 0.29) is 0 Å². The van der Waals surface area contributed by atoms with Crippen LogP contribution in [0, 0.1) is 0 Å². The van der Waals surface area contributed by atoms with Crippen molar-refractivity contribution in [1.82, 2.24) is 19.7 Å². The highest BCUT2D eigenvalue weighted by Crippen LogP contribution is 2.38. The number of furan rings is 1. The molecule has 0 aromatic carbocycles. The summed E-state index contributed by atoms with van der Waals surface area (Å²) < 4.78 is 8.08. The molecule has 0 spiro atoms. The molecule has 0 N–H and O–H groups in total. The van der Waals surface area contributed by atoms with Crippen molar-refractivity contribution in [3.63, 3.8) is 0 Å². The van der Waals surface area contributed by atoms with E-state index in [1.54, 1.807) is 10.9 Å². The van der Waals surface area contributed by atoms with Crippen molar-refractivity contribution in [3.05, 3.63) is 28.3 Å². The van der Waals surface area contributed by atoms with E-state index in [1.807, 2.05) is 13.2 Å². The molecule has 0 aliphatic carbocycles. The zero-order valence-corrected chi connectivity index (χ0v) is 11.0. The second-order valence-electron chi connectivity index (χ2n) is 3.49. The van der Waals surface area contributed by atoms with Crippen LogP contribution in [0.2, 0.25) is 5.15 Å². The largest absolute Gasteiger partial charge is 0.436 e. The van der Waals surface area contributed by atoms with E-state index in [1.165, 1.54) is 6.33 Å². The predicted octanol–water partition coefficient (Wildman–Crippen LogP) is 3.04. The SMILES string of the molecule is Cn1cc(-c2oc3ncnc(Cl)c3c2Br)cn1. The Labute approximate surface area is 110 Å². The number of aryl methyl sites for hydroxylation is 1. The Morgan fingerprint density at radius 3 is 2.88 bits per heavy atom. The Morgan fingerprint density at radius 1 is 1.41 bits per heavy atom. The van der Waals surface area contributed by atoms with Gasteiger partial charge in [0, 0.05) is 13.2 Å². The van der Waals surface area contributed by atoms with Crippen LogP contribution in [0.25, 0.3) is 22.4 Å². The van der Waals surface area contributed by atoms with Crippen molar-refractivity contribution in [2.75, 3.05) is 0 Å². The molecule has 3 rings (SSSR count). The van der Waals surface area contributed by atoms with Crippen LogP contribution >= 0.6 is 27.5 Å². The van der Waals surface area contributed by atoms with Gasteiger partial charge in [-0.05, 0) is 15.9 Å². The number of nitrogens with zero attached hydrogens (tertiary/aromatic N) is 4. The summed E-state index contributed by atoms with van der Waals surface area (Å²) in [4.78, 5) is 7.96. The molecule has 3 aromatic rings. The van der Waals surface area contributed by atoms with Crippen LogP contribution in [-0.4, -0.2) is 19.7 Å². The molecule has 0 bridgehead atoms. The van der Waals surface area contributed by atoms with E-state index in [2.05, 4.69) is 31.0 Å². The molecule has 0 aliphatic heterocycles. The summed E-state index contributed by atoms with van der Waals surface area (Å²) in [6.07, 6.45) is 4.93. The molecular formula is C10H6BrClN4O. The number of rotatable bonds is 1. The van der Waals surface area contributed by atoms with Crippen molar-refractivity contribution in [2.24, 2.45) is 7.05 Å². The summed E-state index contributed by atoms with van der Waals surface area (Å²) in [5.41, 5.74) is 1.31. The third kappa shape index (κ3) is 1.64. The Bertz CT molecular complexity index is 705. The molecule has 3 aromatic heterocycles. The van der Waals surface area contributed by atoms with Gasteiger partial charge in [0.25, 0.3) is 0 Å². The fourth-order valence-electron chi connectivity index (χ4n) is 1.59. The standard InChI is InChI=1S/C10H6BrClN4O/c1-16-3-5(2-15-16)8-7(11)6-9(12)13-4-14-10(6)17-8/h2-4H,1H3. The average Bonchev–Trinajstić information content (AvgIpc) is 2.84. The van der Waals surface area contributed by atoms with Gasteiger partial charge in [-0.25, -0.2) is 9.97 Å². The lowest BCUT2D eigenvalue weighted by Gasteiger charge is -1.90. The van der Waals surface area contributed by atoms with E-state index in [9.17, 15) is 0 Å². The first-order valence-electron chi connectivity index (χ1n) is 4.74. The first-order chi connectivity index (χ1) is 8.16. The molecule has 0 amide bonds. The molecule has 0 radical (unpaired) electrons. The minimum absolute atomic E-state index is 0.362. The molecule has 0 aliphatic rings. The van der Waals surface area contributed by atoms with E-state index >= 15 is 0 Å². The summed E-state index contributed by atoms with van der Waals surface area (Å²) in [5.74, 6) is 0.649. The van der Waals surface area contributed by atoms with Crippen LogP contribution in [-0.2, 0) is 7.05 Å². The maximum Gasteiger partial charge on any atom is 0.232 e. The van der Waals surface area contributed by atoms with Crippen LogP contribution in [0.3, 0.4) is 0 Å². The lowest BCUT2D eigenvalue weighted by Crippen LogP contribution is -1.83. The van der Waals surface area contributed by atoms with Gasteiger partial charge in [0.1, 0.15) is 11.5 Å². The van der Waals surface area contributed by atoms with Gasteiger partial charge in [-0.15, -0.1) is 0 Å². The van der Waals surface area contributed by atoms with Gasteiger partial charge in [0.15, 0.2) is 5.76 Å². The van der Waals surface area contributed by atoms with E-state index in [0.29, 0.717) is 22.0 Å². The van der Waals surface area contributed by atoms with Gasteiger partial charge in [-0.1, -0.05) is 11.6 Å². The van der Waals surface area contributed by atoms with Crippen LogP contribution in [0.4, 0.5) is 0 Å². The lowest BCUT2D eigenvalue weighted by atomic mass is 10.2. The zero-order valence-electron chi connectivity index (χ0n) is 8.69. The van der Waals surface area contributed by atoms with Gasteiger partial charge >= 0.3 is 0 Å². The summed E-state index contributed by atoms with van der Waals surface area (Å²) in [5, 5.41) is 5.13. The number of halogens is 2. The lowest BCUT2D eigenvalue weighted by molar-refractivity contribution is 0.616. The number of aromatic nitrogens is 4. The molecule has 5 nitrogen and oxygen atoms in total. The van der Waals surface area contributed by atoms with E-state index < -0.39 is 0 Å². The first-order valence-corrected chi connectivity index (χ1v) is 5.91. The molecule has 3 heterocycles. The Balaban J connectivity index is 2.32. The fourth-order valence-corrected chi connectivity index (χ4v) is 2.59. The van der Waals surface area contributed by atoms with Gasteiger partial charge < -0.3 is 4.42 Å². The first kappa shape index (κ1) is 10.7. The molecular weight excluding hydrogens is 307 g/mol. The molecule has 0 fully saturated rings. The van der Waals surface area contributed by atoms with E-state index in [0.717, 1.165) is 10.0 Å². The molecule has 86 valence electrons. The Morgan fingerprint density at radius 2 is 2.24 bits per heavy atom. The van der Waals surface area contributed by atoms with Gasteiger partial charge in [0.2, 0.25) is 5.71 Å². The minimum Gasteiger partial charge on any atom is -0.436 e. The highest BCUT2D eigenvalue weighted by atomic mass is 79.9. The molecule has 17 heavy (non-hydrogen) atoms. The van der Waals surface area contributed by atoms with Gasteiger partial charge in [-0.3, -0.25) is 4.68 Å². The normalized spacial score (nSPS) is 11.2. The van der Waals surface area contributed by atoms with Crippen LogP contribution < -0.4 is 0 Å². The topological polar surface area (TPSA) is 56.7 Å². The van der Waals surface area contributed by atoms with Crippen molar-refractivity contribution >= 4 is 38.6 Å². The van der Waals surface area contributed by atoms with Crippen molar-refractivity contribution in [3.8, 4) is 11.3 Å². The Hall–Kier alpha value is -1.40. The van der Waals surface area contributed by atoms with Crippen LogP contribution in [0.1, 0.15) is 0 Å². The van der Waals surface area contributed by atoms with E-state index in [4.69, 9.17) is 16.0 Å². The molecule has 0 unspecified atom stereocenters. The second-order valence-corrected chi connectivity index (χ2v) is 4.64. The molecule has 0 saturated heterocycles. The van der Waals surface area contributed by atoms with Gasteiger partial charge in [0.05, 0.1) is 21.6 Å². The van der Waals surface area contributed by atoms with Crippen molar-refractivity contribution in [2.45, 2.75) is 0 Å². The van der Waals surface area contributed by atoms with Crippen LogP contribution in [0.15, 0.2) is 27.6 Å². The number of fused-ring (bicyclic) bond motifs is 1. The smallest absolute Gasteiger partial charge is 0.232 e. The molecule has 7 heteroatoms. The van der Waals surface area contributed by atoms with Crippen molar-refractivity contribution < 1.29 is 4.42 Å². The van der Waals surface area contributed by atoms with Crippen molar-refractivity contribution in [1.29, 1.82) is 0 Å².